The summed E-state index contributed by atoms with van der Waals surface area (Å²) in [5, 5.41) is 3.00. The van der Waals surface area contributed by atoms with Crippen LogP contribution in [0.3, 0.4) is 0 Å². The van der Waals surface area contributed by atoms with Crippen LogP contribution in [-0.2, 0) is 14.3 Å². The molecule has 0 radical (unpaired) electrons. The number of nitrogens with one attached hydrogen (secondary N) is 1. The molecule has 2 atom stereocenters. The van der Waals surface area contributed by atoms with Gasteiger partial charge in [-0.05, 0) is 50.3 Å². The fourth-order valence-electron chi connectivity index (χ4n) is 3.67. The summed E-state index contributed by atoms with van der Waals surface area (Å²) in [6.45, 7) is 5.53. The SMILES string of the molecule is COc1ccc(C)cc1NC(=O)CN(CC1CCCO1)CC1CCCO1. The van der Waals surface area contributed by atoms with Crippen molar-refractivity contribution in [2.75, 3.05) is 45.3 Å². The first kappa shape index (κ1) is 19.1. The van der Waals surface area contributed by atoms with Gasteiger partial charge in [-0.25, -0.2) is 0 Å². The first-order valence-corrected chi connectivity index (χ1v) is 9.54. The van der Waals surface area contributed by atoms with Gasteiger partial charge in [0.25, 0.3) is 0 Å². The summed E-state index contributed by atoms with van der Waals surface area (Å²) in [5.41, 5.74) is 1.79. The lowest BCUT2D eigenvalue weighted by Crippen LogP contribution is -2.42. The van der Waals surface area contributed by atoms with E-state index in [2.05, 4.69) is 10.2 Å². The van der Waals surface area contributed by atoms with Crippen LogP contribution in [-0.4, -0.2) is 63.0 Å². The second-order valence-electron chi connectivity index (χ2n) is 7.22. The van der Waals surface area contributed by atoms with Crippen molar-refractivity contribution in [1.29, 1.82) is 0 Å². The van der Waals surface area contributed by atoms with Crippen LogP contribution in [0, 0.1) is 6.92 Å². The molecule has 6 nitrogen and oxygen atoms in total. The third kappa shape index (κ3) is 5.43. The van der Waals surface area contributed by atoms with Crippen molar-refractivity contribution >= 4 is 11.6 Å². The Labute approximate surface area is 155 Å². The van der Waals surface area contributed by atoms with Gasteiger partial charge < -0.3 is 19.5 Å². The van der Waals surface area contributed by atoms with E-state index < -0.39 is 0 Å². The highest BCUT2D eigenvalue weighted by Crippen LogP contribution is 2.25. The van der Waals surface area contributed by atoms with Crippen LogP contribution in [0.25, 0.3) is 0 Å². The van der Waals surface area contributed by atoms with Gasteiger partial charge in [0.15, 0.2) is 0 Å². The Morgan fingerprint density at radius 2 is 1.85 bits per heavy atom. The lowest BCUT2D eigenvalue weighted by atomic mass is 10.2. The smallest absolute Gasteiger partial charge is 0.238 e. The summed E-state index contributed by atoms with van der Waals surface area (Å²) in [4.78, 5) is 14.8. The molecule has 26 heavy (non-hydrogen) atoms. The maximum Gasteiger partial charge on any atom is 0.238 e. The van der Waals surface area contributed by atoms with Gasteiger partial charge in [-0.3, -0.25) is 9.69 Å². The van der Waals surface area contributed by atoms with Gasteiger partial charge in [-0.1, -0.05) is 6.07 Å². The summed E-state index contributed by atoms with van der Waals surface area (Å²) < 4.78 is 16.9. The number of hydrogen-bond acceptors (Lipinski definition) is 5. The van der Waals surface area contributed by atoms with Crippen molar-refractivity contribution in [3.05, 3.63) is 23.8 Å². The summed E-state index contributed by atoms with van der Waals surface area (Å²) >= 11 is 0. The predicted molar refractivity (Wildman–Crippen MR) is 101 cm³/mol. The van der Waals surface area contributed by atoms with Gasteiger partial charge >= 0.3 is 0 Å². The lowest BCUT2D eigenvalue weighted by molar-refractivity contribution is -0.118. The molecule has 3 rings (SSSR count). The zero-order valence-corrected chi connectivity index (χ0v) is 15.8. The number of amides is 1. The second-order valence-corrected chi connectivity index (χ2v) is 7.22. The number of aryl methyl sites for hydroxylation is 1. The Kier molecular flexibility index (Phi) is 6.88. The van der Waals surface area contributed by atoms with E-state index in [0.29, 0.717) is 18.0 Å². The molecule has 144 valence electrons. The Morgan fingerprint density at radius 1 is 1.19 bits per heavy atom. The van der Waals surface area contributed by atoms with Gasteiger partial charge in [0, 0.05) is 26.3 Å². The van der Waals surface area contributed by atoms with Crippen molar-refractivity contribution in [1.82, 2.24) is 4.90 Å². The monoisotopic (exact) mass is 362 g/mol. The third-order valence-electron chi connectivity index (χ3n) is 4.97. The van der Waals surface area contributed by atoms with E-state index in [4.69, 9.17) is 14.2 Å². The van der Waals surface area contributed by atoms with Crippen LogP contribution in [0.5, 0.6) is 5.75 Å². The zero-order chi connectivity index (χ0) is 18.4. The van der Waals surface area contributed by atoms with Crippen LogP contribution in [0.2, 0.25) is 0 Å². The molecule has 1 aromatic carbocycles. The summed E-state index contributed by atoms with van der Waals surface area (Å²) in [6, 6.07) is 5.78. The zero-order valence-electron chi connectivity index (χ0n) is 15.8. The molecule has 2 fully saturated rings. The Hall–Kier alpha value is -1.63. The van der Waals surface area contributed by atoms with Crippen LogP contribution < -0.4 is 10.1 Å². The molecule has 1 aromatic rings. The molecular formula is C20H30N2O4. The first-order chi connectivity index (χ1) is 12.6. The molecule has 2 heterocycles. The number of rotatable bonds is 8. The normalized spacial score (nSPS) is 22.7. The van der Waals surface area contributed by atoms with Crippen LogP contribution in [0.4, 0.5) is 5.69 Å². The molecule has 1 N–H and O–H groups in total. The van der Waals surface area contributed by atoms with Crippen molar-refractivity contribution in [3.8, 4) is 5.75 Å². The van der Waals surface area contributed by atoms with E-state index >= 15 is 0 Å². The number of carbonyl (C=O) groups excluding carboxylic acids is 1. The van der Waals surface area contributed by atoms with Crippen molar-refractivity contribution in [3.63, 3.8) is 0 Å². The minimum atomic E-state index is -0.0371. The van der Waals surface area contributed by atoms with Crippen molar-refractivity contribution < 1.29 is 19.0 Å². The van der Waals surface area contributed by atoms with E-state index in [0.717, 1.165) is 57.6 Å². The molecule has 0 bridgehead atoms. The standard InChI is InChI=1S/C20H30N2O4/c1-15-7-8-19(24-2)18(11-15)21-20(23)14-22(12-16-5-3-9-25-16)13-17-6-4-10-26-17/h7-8,11,16-17H,3-6,9-10,12-14H2,1-2H3,(H,21,23). The van der Waals surface area contributed by atoms with Crippen LogP contribution in [0.15, 0.2) is 18.2 Å². The fraction of sp³-hybridized carbons (Fsp3) is 0.650. The number of ether oxygens (including phenoxy) is 3. The van der Waals surface area contributed by atoms with Gasteiger partial charge in [0.1, 0.15) is 5.75 Å². The first-order valence-electron chi connectivity index (χ1n) is 9.54. The van der Waals surface area contributed by atoms with E-state index in [-0.39, 0.29) is 18.1 Å². The molecule has 0 aliphatic carbocycles. The van der Waals surface area contributed by atoms with Crippen LogP contribution >= 0.6 is 0 Å². The average Bonchev–Trinajstić information content (AvgIpc) is 3.29. The van der Waals surface area contributed by atoms with Crippen molar-refractivity contribution in [2.24, 2.45) is 0 Å². The second kappa shape index (κ2) is 9.35. The highest BCUT2D eigenvalue weighted by molar-refractivity contribution is 5.93. The molecule has 2 unspecified atom stereocenters. The fourth-order valence-corrected chi connectivity index (χ4v) is 3.67. The van der Waals surface area contributed by atoms with Crippen LogP contribution in [0.1, 0.15) is 31.2 Å². The van der Waals surface area contributed by atoms with E-state index in [9.17, 15) is 4.79 Å². The highest BCUT2D eigenvalue weighted by Gasteiger charge is 2.25. The van der Waals surface area contributed by atoms with Crippen molar-refractivity contribution in [2.45, 2.75) is 44.8 Å². The number of anilines is 1. The number of hydrogen-bond donors (Lipinski definition) is 1. The predicted octanol–water partition coefficient (Wildman–Crippen LogP) is 2.60. The molecule has 6 heteroatoms. The third-order valence-corrected chi connectivity index (χ3v) is 4.97. The average molecular weight is 362 g/mol. The summed E-state index contributed by atoms with van der Waals surface area (Å²) in [6.07, 6.45) is 4.77. The topological polar surface area (TPSA) is 60.0 Å². The molecule has 2 aliphatic heterocycles. The highest BCUT2D eigenvalue weighted by atomic mass is 16.5. The van der Waals surface area contributed by atoms with Gasteiger partial charge in [0.2, 0.25) is 5.91 Å². The molecule has 2 saturated heterocycles. The Bertz CT molecular complexity index is 577. The molecular weight excluding hydrogens is 332 g/mol. The van der Waals surface area contributed by atoms with Gasteiger partial charge in [-0.15, -0.1) is 0 Å². The van der Waals surface area contributed by atoms with Gasteiger partial charge in [0.05, 0.1) is 31.5 Å². The van der Waals surface area contributed by atoms with E-state index in [1.807, 2.05) is 25.1 Å². The molecule has 0 aromatic heterocycles. The maximum absolute atomic E-state index is 12.7. The minimum Gasteiger partial charge on any atom is -0.495 e. The minimum absolute atomic E-state index is 0.0371. The Morgan fingerprint density at radius 3 is 2.38 bits per heavy atom. The quantitative estimate of drug-likeness (QED) is 0.770. The lowest BCUT2D eigenvalue weighted by Gasteiger charge is -2.27. The maximum atomic E-state index is 12.7. The largest absolute Gasteiger partial charge is 0.495 e. The summed E-state index contributed by atoms with van der Waals surface area (Å²) in [7, 11) is 1.61. The number of benzene rings is 1. The number of carbonyl (C=O) groups is 1. The molecule has 1 amide bonds. The number of methoxy groups -OCH3 is 1. The molecule has 2 aliphatic rings. The molecule has 0 saturated carbocycles. The Balaban J connectivity index is 1.60. The van der Waals surface area contributed by atoms with E-state index in [1.165, 1.54) is 0 Å². The van der Waals surface area contributed by atoms with Gasteiger partial charge in [-0.2, -0.15) is 0 Å². The van der Waals surface area contributed by atoms with E-state index in [1.54, 1.807) is 7.11 Å². The summed E-state index contributed by atoms with van der Waals surface area (Å²) in [5.74, 6) is 0.638. The number of nitrogens with zero attached hydrogens (tertiary/aromatic N) is 1. The molecule has 0 spiro atoms.